The maximum absolute atomic E-state index is 11.1. The second-order valence-electron chi connectivity index (χ2n) is 3.55. The van der Waals surface area contributed by atoms with Crippen LogP contribution >= 0.6 is 0 Å². The molecule has 1 amide bonds. The molecule has 0 aromatic heterocycles. The standard InChI is InChI=1S/C11H18N2O3/c1-2-3-6-10(14)13-8-9(12)5-4-7-11(15)16/h1,9H,3-8,12H2,(H,13,14)(H,15,16). The van der Waals surface area contributed by atoms with Crippen LogP contribution in [-0.2, 0) is 9.59 Å². The molecule has 90 valence electrons. The summed E-state index contributed by atoms with van der Waals surface area (Å²) < 4.78 is 0. The van der Waals surface area contributed by atoms with Crippen LogP contribution in [0.2, 0.25) is 0 Å². The zero-order valence-corrected chi connectivity index (χ0v) is 9.24. The van der Waals surface area contributed by atoms with Crippen LogP contribution in [0.5, 0.6) is 0 Å². The van der Waals surface area contributed by atoms with E-state index in [9.17, 15) is 9.59 Å². The van der Waals surface area contributed by atoms with E-state index in [0.29, 0.717) is 32.2 Å². The number of carboxylic acid groups (broad SMARTS) is 1. The maximum atomic E-state index is 11.1. The van der Waals surface area contributed by atoms with Gasteiger partial charge in [0.15, 0.2) is 0 Å². The molecule has 1 atom stereocenters. The number of hydrogen-bond acceptors (Lipinski definition) is 3. The van der Waals surface area contributed by atoms with Crippen molar-refractivity contribution >= 4 is 11.9 Å². The Hall–Kier alpha value is -1.54. The predicted molar refractivity (Wildman–Crippen MR) is 60.5 cm³/mol. The van der Waals surface area contributed by atoms with E-state index in [-0.39, 0.29) is 18.4 Å². The van der Waals surface area contributed by atoms with Gasteiger partial charge in [0.05, 0.1) is 0 Å². The number of aliphatic carboxylic acids is 1. The Morgan fingerprint density at radius 2 is 2.12 bits per heavy atom. The van der Waals surface area contributed by atoms with Gasteiger partial charge in [0.25, 0.3) is 0 Å². The third-order valence-electron chi connectivity index (χ3n) is 2.02. The quantitative estimate of drug-likeness (QED) is 0.512. The third kappa shape index (κ3) is 9.03. The van der Waals surface area contributed by atoms with Crippen molar-refractivity contribution in [3.8, 4) is 12.3 Å². The van der Waals surface area contributed by atoms with Gasteiger partial charge in [-0.2, -0.15) is 0 Å². The Kier molecular flexibility index (Phi) is 7.90. The van der Waals surface area contributed by atoms with Crippen LogP contribution in [0.3, 0.4) is 0 Å². The number of rotatable bonds is 8. The lowest BCUT2D eigenvalue weighted by Gasteiger charge is -2.11. The molecule has 0 saturated heterocycles. The zero-order chi connectivity index (χ0) is 12.4. The first-order valence-corrected chi connectivity index (χ1v) is 5.23. The van der Waals surface area contributed by atoms with Gasteiger partial charge in [-0.15, -0.1) is 12.3 Å². The number of nitrogens with two attached hydrogens (primary N) is 1. The normalized spacial score (nSPS) is 11.5. The molecule has 0 aromatic carbocycles. The lowest BCUT2D eigenvalue weighted by Crippen LogP contribution is -2.37. The van der Waals surface area contributed by atoms with Crippen molar-refractivity contribution in [1.29, 1.82) is 0 Å². The molecular formula is C11H18N2O3. The molecule has 16 heavy (non-hydrogen) atoms. The lowest BCUT2D eigenvalue weighted by molar-refractivity contribution is -0.137. The number of nitrogens with one attached hydrogen (secondary N) is 1. The monoisotopic (exact) mass is 226 g/mol. The summed E-state index contributed by atoms with van der Waals surface area (Å²) in [6.45, 7) is 0.364. The molecule has 0 aliphatic heterocycles. The minimum atomic E-state index is -0.828. The first-order chi connectivity index (χ1) is 7.56. The van der Waals surface area contributed by atoms with Gasteiger partial charge in [-0.05, 0) is 12.8 Å². The van der Waals surface area contributed by atoms with Gasteiger partial charge in [-0.1, -0.05) is 0 Å². The molecule has 0 fully saturated rings. The second-order valence-corrected chi connectivity index (χ2v) is 3.55. The van der Waals surface area contributed by atoms with Crippen molar-refractivity contribution in [3.05, 3.63) is 0 Å². The Bertz CT molecular complexity index is 271. The topological polar surface area (TPSA) is 92.4 Å². The highest BCUT2D eigenvalue weighted by Crippen LogP contribution is 1.98. The molecule has 4 N–H and O–H groups in total. The Labute approximate surface area is 95.4 Å². The summed E-state index contributed by atoms with van der Waals surface area (Å²) in [5, 5.41) is 11.1. The summed E-state index contributed by atoms with van der Waals surface area (Å²) in [5.74, 6) is 1.43. The number of carbonyl (C=O) groups is 2. The van der Waals surface area contributed by atoms with Crippen molar-refractivity contribution in [2.24, 2.45) is 5.73 Å². The number of hydrogen-bond donors (Lipinski definition) is 3. The smallest absolute Gasteiger partial charge is 0.303 e. The number of terminal acetylenes is 1. The van der Waals surface area contributed by atoms with Gasteiger partial charge in [0, 0.05) is 31.8 Å². The summed E-state index contributed by atoms with van der Waals surface area (Å²) in [6.07, 6.45) is 6.96. The van der Waals surface area contributed by atoms with Crippen LogP contribution in [0.25, 0.3) is 0 Å². The van der Waals surface area contributed by atoms with E-state index >= 15 is 0 Å². The van der Waals surface area contributed by atoms with E-state index in [1.165, 1.54) is 0 Å². The van der Waals surface area contributed by atoms with Crippen LogP contribution in [-0.4, -0.2) is 29.6 Å². The van der Waals surface area contributed by atoms with E-state index < -0.39 is 5.97 Å². The molecule has 5 nitrogen and oxygen atoms in total. The summed E-state index contributed by atoms with van der Waals surface area (Å²) in [4.78, 5) is 21.4. The Balaban J connectivity index is 3.49. The summed E-state index contributed by atoms with van der Waals surface area (Å²) in [7, 11) is 0. The van der Waals surface area contributed by atoms with Gasteiger partial charge < -0.3 is 16.2 Å². The van der Waals surface area contributed by atoms with Crippen LogP contribution in [0.15, 0.2) is 0 Å². The molecule has 0 bridgehead atoms. The molecule has 0 radical (unpaired) electrons. The molecule has 1 unspecified atom stereocenters. The molecule has 0 spiro atoms. The van der Waals surface area contributed by atoms with Crippen molar-refractivity contribution in [3.63, 3.8) is 0 Å². The fraction of sp³-hybridized carbons (Fsp3) is 0.636. The highest BCUT2D eigenvalue weighted by atomic mass is 16.4. The predicted octanol–water partition coefficient (Wildman–Crippen LogP) is 0.0982. The third-order valence-corrected chi connectivity index (χ3v) is 2.02. The van der Waals surface area contributed by atoms with E-state index in [2.05, 4.69) is 11.2 Å². The summed E-state index contributed by atoms with van der Waals surface area (Å²) >= 11 is 0. The van der Waals surface area contributed by atoms with Gasteiger partial charge in [-0.3, -0.25) is 9.59 Å². The van der Waals surface area contributed by atoms with E-state index in [0.717, 1.165) is 0 Å². The van der Waals surface area contributed by atoms with Crippen LogP contribution in [0.1, 0.15) is 32.1 Å². The molecule has 0 rings (SSSR count). The minimum Gasteiger partial charge on any atom is -0.481 e. The molecule has 0 heterocycles. The Morgan fingerprint density at radius 1 is 1.44 bits per heavy atom. The van der Waals surface area contributed by atoms with Crippen LogP contribution < -0.4 is 11.1 Å². The van der Waals surface area contributed by atoms with E-state index in [4.69, 9.17) is 17.3 Å². The fourth-order valence-electron chi connectivity index (χ4n) is 1.14. The number of carboxylic acids is 1. The number of carbonyl (C=O) groups excluding carboxylic acids is 1. The highest BCUT2D eigenvalue weighted by Gasteiger charge is 2.06. The fourth-order valence-corrected chi connectivity index (χ4v) is 1.14. The molecular weight excluding hydrogens is 208 g/mol. The maximum Gasteiger partial charge on any atom is 0.303 e. The molecule has 0 aromatic rings. The van der Waals surface area contributed by atoms with Crippen molar-refractivity contribution in [2.75, 3.05) is 6.54 Å². The molecule has 0 saturated carbocycles. The zero-order valence-electron chi connectivity index (χ0n) is 9.24. The van der Waals surface area contributed by atoms with Crippen molar-refractivity contribution < 1.29 is 14.7 Å². The first-order valence-electron chi connectivity index (χ1n) is 5.23. The molecule has 5 heteroatoms. The summed E-state index contributed by atoms with van der Waals surface area (Å²) in [5.41, 5.74) is 5.69. The van der Waals surface area contributed by atoms with Gasteiger partial charge >= 0.3 is 5.97 Å². The van der Waals surface area contributed by atoms with Gasteiger partial charge in [0.1, 0.15) is 0 Å². The average molecular weight is 226 g/mol. The largest absolute Gasteiger partial charge is 0.481 e. The van der Waals surface area contributed by atoms with Crippen molar-refractivity contribution in [2.45, 2.75) is 38.1 Å². The van der Waals surface area contributed by atoms with E-state index in [1.807, 2.05) is 0 Å². The molecule has 0 aliphatic rings. The van der Waals surface area contributed by atoms with Crippen LogP contribution in [0, 0.1) is 12.3 Å². The minimum absolute atomic E-state index is 0.110. The van der Waals surface area contributed by atoms with E-state index in [1.54, 1.807) is 0 Å². The highest BCUT2D eigenvalue weighted by molar-refractivity contribution is 5.76. The van der Waals surface area contributed by atoms with Crippen LogP contribution in [0.4, 0.5) is 0 Å². The SMILES string of the molecule is C#CCCC(=O)NCC(N)CCCC(=O)O. The number of amides is 1. The second kappa shape index (κ2) is 8.74. The lowest BCUT2D eigenvalue weighted by atomic mass is 10.1. The van der Waals surface area contributed by atoms with Gasteiger partial charge in [-0.25, -0.2) is 0 Å². The molecule has 0 aliphatic carbocycles. The van der Waals surface area contributed by atoms with Gasteiger partial charge in [0.2, 0.25) is 5.91 Å². The first kappa shape index (κ1) is 14.5. The Morgan fingerprint density at radius 3 is 2.69 bits per heavy atom. The average Bonchev–Trinajstić information content (AvgIpc) is 2.23. The summed E-state index contributed by atoms with van der Waals surface area (Å²) in [6, 6.07) is -0.200. The van der Waals surface area contributed by atoms with Crippen molar-refractivity contribution in [1.82, 2.24) is 5.32 Å².